The summed E-state index contributed by atoms with van der Waals surface area (Å²) < 4.78 is 10.3. The number of hydrogen-bond donors (Lipinski definition) is 2. The van der Waals surface area contributed by atoms with Gasteiger partial charge in [-0.05, 0) is 25.1 Å². The van der Waals surface area contributed by atoms with Crippen LogP contribution in [-0.2, 0) is 9.53 Å². The molecule has 0 aliphatic rings. The highest BCUT2D eigenvalue weighted by molar-refractivity contribution is 6.30. The molecule has 7 nitrogen and oxygen atoms in total. The van der Waals surface area contributed by atoms with Gasteiger partial charge in [0.05, 0.1) is 0 Å². The van der Waals surface area contributed by atoms with Gasteiger partial charge in [0.1, 0.15) is 17.1 Å². The quantitative estimate of drug-likeness (QED) is 0.645. The van der Waals surface area contributed by atoms with Crippen LogP contribution < -0.4 is 5.32 Å². The Bertz CT molecular complexity index is 971. The first-order valence-electron chi connectivity index (χ1n) is 7.92. The molecule has 8 heteroatoms. The molecule has 1 aromatic heterocycles. The first-order valence-corrected chi connectivity index (χ1v) is 8.30. The van der Waals surface area contributed by atoms with Crippen LogP contribution in [0.2, 0.25) is 5.02 Å². The second-order valence-electron chi connectivity index (χ2n) is 5.67. The third kappa shape index (κ3) is 4.45. The summed E-state index contributed by atoms with van der Waals surface area (Å²) in [7, 11) is 0. The summed E-state index contributed by atoms with van der Waals surface area (Å²) in [4.78, 5) is 25.2. The van der Waals surface area contributed by atoms with Crippen molar-refractivity contribution in [2.24, 2.45) is 0 Å². The van der Waals surface area contributed by atoms with E-state index < -0.39 is 18.0 Å². The van der Waals surface area contributed by atoms with Gasteiger partial charge in [0.25, 0.3) is 5.91 Å². The minimum Gasteiger partial charge on any atom is -0.507 e. The number of benzene rings is 2. The van der Waals surface area contributed by atoms with Crippen molar-refractivity contribution in [2.45, 2.75) is 13.0 Å². The molecule has 0 radical (unpaired) electrons. The van der Waals surface area contributed by atoms with Crippen LogP contribution in [-0.4, -0.2) is 22.1 Å². The van der Waals surface area contributed by atoms with Crippen LogP contribution in [0.3, 0.4) is 0 Å². The lowest BCUT2D eigenvalue weighted by Crippen LogP contribution is -2.26. The number of anilines is 1. The maximum Gasteiger partial charge on any atom is 0.343 e. The third-order valence-electron chi connectivity index (χ3n) is 3.62. The molecule has 27 heavy (non-hydrogen) atoms. The van der Waals surface area contributed by atoms with Crippen LogP contribution in [0.4, 0.5) is 5.82 Å². The molecule has 0 bridgehead atoms. The van der Waals surface area contributed by atoms with Gasteiger partial charge in [-0.2, -0.15) is 0 Å². The van der Waals surface area contributed by atoms with Crippen molar-refractivity contribution in [3.8, 4) is 5.75 Å². The van der Waals surface area contributed by atoms with Crippen LogP contribution in [0.25, 0.3) is 0 Å². The average Bonchev–Trinajstić information content (AvgIpc) is 3.04. The Morgan fingerprint density at radius 2 is 1.93 bits per heavy atom. The van der Waals surface area contributed by atoms with Crippen molar-refractivity contribution in [1.29, 1.82) is 0 Å². The standard InChI is InChI=1S/C19H15ClN2O5/c1-11-9-16(22-27-11)21-18(24)17(12-5-3-2-4-6-12)26-19(25)14-8-7-13(20)10-15(14)23/h2-10,17,23H,1H3,(H,21,22,24)/t17-/m1/s1. The number of amides is 1. The predicted octanol–water partition coefficient (Wildman–Crippen LogP) is 3.88. The monoisotopic (exact) mass is 386 g/mol. The molecule has 0 spiro atoms. The van der Waals surface area contributed by atoms with E-state index in [0.29, 0.717) is 11.3 Å². The number of aryl methyl sites for hydroxylation is 1. The number of phenolic OH excluding ortho intramolecular Hbond substituents is 1. The molecule has 0 unspecified atom stereocenters. The fourth-order valence-electron chi connectivity index (χ4n) is 2.37. The van der Waals surface area contributed by atoms with E-state index in [-0.39, 0.29) is 22.2 Å². The van der Waals surface area contributed by atoms with Crippen LogP contribution in [0.1, 0.15) is 27.8 Å². The minimum absolute atomic E-state index is 0.106. The van der Waals surface area contributed by atoms with Gasteiger partial charge in [0.2, 0.25) is 6.10 Å². The van der Waals surface area contributed by atoms with E-state index in [9.17, 15) is 14.7 Å². The Morgan fingerprint density at radius 3 is 2.56 bits per heavy atom. The van der Waals surface area contributed by atoms with Gasteiger partial charge in [-0.25, -0.2) is 4.79 Å². The lowest BCUT2D eigenvalue weighted by molar-refractivity contribution is -0.125. The fraction of sp³-hybridized carbons (Fsp3) is 0.105. The maximum absolute atomic E-state index is 12.7. The second kappa shape index (κ2) is 7.92. The maximum atomic E-state index is 12.7. The number of nitrogens with one attached hydrogen (secondary N) is 1. The molecule has 0 fully saturated rings. The molecule has 0 aliphatic carbocycles. The van der Waals surface area contributed by atoms with E-state index in [1.54, 1.807) is 37.3 Å². The Kier molecular flexibility index (Phi) is 5.42. The minimum atomic E-state index is -1.26. The van der Waals surface area contributed by atoms with Gasteiger partial charge >= 0.3 is 5.97 Å². The lowest BCUT2D eigenvalue weighted by atomic mass is 10.1. The van der Waals surface area contributed by atoms with Gasteiger partial charge in [0.15, 0.2) is 5.82 Å². The highest BCUT2D eigenvalue weighted by Gasteiger charge is 2.27. The summed E-state index contributed by atoms with van der Waals surface area (Å²) in [5.41, 5.74) is 0.349. The number of esters is 1. The van der Waals surface area contributed by atoms with E-state index >= 15 is 0 Å². The SMILES string of the molecule is Cc1cc(NC(=O)[C@H](OC(=O)c2ccc(Cl)cc2O)c2ccccc2)no1. The Hall–Kier alpha value is -3.32. The zero-order chi connectivity index (χ0) is 19.4. The largest absolute Gasteiger partial charge is 0.507 e. The fourth-order valence-corrected chi connectivity index (χ4v) is 2.53. The number of aromatic hydroxyl groups is 1. The van der Waals surface area contributed by atoms with Crippen molar-refractivity contribution in [2.75, 3.05) is 5.32 Å². The van der Waals surface area contributed by atoms with E-state index in [1.165, 1.54) is 24.3 Å². The van der Waals surface area contributed by atoms with Crippen molar-refractivity contribution in [1.82, 2.24) is 5.16 Å². The van der Waals surface area contributed by atoms with E-state index in [2.05, 4.69) is 10.5 Å². The summed E-state index contributed by atoms with van der Waals surface area (Å²) >= 11 is 5.77. The molecule has 3 aromatic rings. The second-order valence-corrected chi connectivity index (χ2v) is 6.11. The highest BCUT2D eigenvalue weighted by Crippen LogP contribution is 2.26. The van der Waals surface area contributed by atoms with Crippen LogP contribution >= 0.6 is 11.6 Å². The lowest BCUT2D eigenvalue weighted by Gasteiger charge is -2.17. The molecule has 3 rings (SSSR count). The number of aromatic nitrogens is 1. The Labute approximate surface area is 159 Å². The summed E-state index contributed by atoms with van der Waals surface area (Å²) in [6.45, 7) is 1.68. The molecule has 2 aromatic carbocycles. The van der Waals surface area contributed by atoms with Gasteiger partial charge in [-0.3, -0.25) is 4.79 Å². The smallest absolute Gasteiger partial charge is 0.343 e. The Balaban J connectivity index is 1.86. The molecule has 2 N–H and O–H groups in total. The van der Waals surface area contributed by atoms with Crippen molar-refractivity contribution in [3.05, 3.63) is 76.5 Å². The first-order chi connectivity index (χ1) is 12.9. The topological polar surface area (TPSA) is 102 Å². The molecule has 1 heterocycles. The molecule has 0 saturated carbocycles. The van der Waals surface area contributed by atoms with Crippen molar-refractivity contribution >= 4 is 29.3 Å². The van der Waals surface area contributed by atoms with Crippen LogP contribution in [0.15, 0.2) is 59.1 Å². The summed E-state index contributed by atoms with van der Waals surface area (Å²) in [6.07, 6.45) is -1.26. The molecule has 1 atom stereocenters. The Morgan fingerprint density at radius 1 is 1.19 bits per heavy atom. The average molecular weight is 387 g/mol. The van der Waals surface area contributed by atoms with Crippen molar-refractivity contribution in [3.63, 3.8) is 0 Å². The number of carbonyl (C=O) groups is 2. The zero-order valence-electron chi connectivity index (χ0n) is 14.2. The molecule has 138 valence electrons. The van der Waals surface area contributed by atoms with E-state index in [4.69, 9.17) is 20.9 Å². The molecule has 1 amide bonds. The van der Waals surface area contributed by atoms with Gasteiger partial charge in [-0.1, -0.05) is 47.1 Å². The van der Waals surface area contributed by atoms with Gasteiger partial charge in [0, 0.05) is 16.7 Å². The number of phenols is 1. The zero-order valence-corrected chi connectivity index (χ0v) is 14.9. The summed E-state index contributed by atoms with van der Waals surface area (Å²) in [5.74, 6) is -1.11. The highest BCUT2D eigenvalue weighted by atomic mass is 35.5. The van der Waals surface area contributed by atoms with Crippen molar-refractivity contribution < 1.29 is 24.0 Å². The van der Waals surface area contributed by atoms with Crippen LogP contribution in [0.5, 0.6) is 5.75 Å². The number of nitrogens with zero attached hydrogens (tertiary/aromatic N) is 1. The van der Waals surface area contributed by atoms with E-state index in [1.807, 2.05) is 0 Å². The number of hydrogen-bond acceptors (Lipinski definition) is 6. The first kappa shape index (κ1) is 18.5. The number of rotatable bonds is 5. The summed E-state index contributed by atoms with van der Waals surface area (Å²) in [6, 6.07) is 14.0. The molecular formula is C19H15ClN2O5. The molecular weight excluding hydrogens is 372 g/mol. The molecule has 0 aliphatic heterocycles. The summed E-state index contributed by atoms with van der Waals surface area (Å²) in [5, 5.41) is 16.4. The third-order valence-corrected chi connectivity index (χ3v) is 3.86. The van der Waals surface area contributed by atoms with E-state index in [0.717, 1.165) is 0 Å². The van der Waals surface area contributed by atoms with Gasteiger partial charge in [-0.15, -0.1) is 0 Å². The number of ether oxygens (including phenoxy) is 1. The normalized spacial score (nSPS) is 11.6. The van der Waals surface area contributed by atoms with Crippen LogP contribution in [0, 0.1) is 6.92 Å². The number of carbonyl (C=O) groups excluding carboxylic acids is 2. The molecule has 0 saturated heterocycles. The predicted molar refractivity (Wildman–Crippen MR) is 97.6 cm³/mol. The number of halogens is 1. The van der Waals surface area contributed by atoms with Gasteiger partial charge < -0.3 is 19.7 Å².